The minimum atomic E-state index is -4.43. The number of allylic oxidation sites excluding steroid dienone is 2. The van der Waals surface area contributed by atoms with Crippen LogP contribution in [0.5, 0.6) is 0 Å². The van der Waals surface area contributed by atoms with Crippen molar-refractivity contribution < 1.29 is 27.5 Å². The Morgan fingerprint density at radius 2 is 1.67 bits per heavy atom. The number of ether oxygens (including phenoxy) is 1. The fourth-order valence-electron chi connectivity index (χ4n) is 1.86. The lowest BCUT2D eigenvalue weighted by molar-refractivity contribution is -0.138. The van der Waals surface area contributed by atoms with Crippen LogP contribution in [0, 0.1) is 0 Å². The lowest BCUT2D eigenvalue weighted by Gasteiger charge is -2.18. The largest absolute Gasteiger partial charge is 0.465 e. The van der Waals surface area contributed by atoms with Gasteiger partial charge in [-0.3, -0.25) is 4.79 Å². The Morgan fingerprint density at radius 1 is 1.12 bits per heavy atom. The van der Waals surface area contributed by atoms with Gasteiger partial charge >= 0.3 is 12.1 Å². The van der Waals surface area contributed by atoms with Gasteiger partial charge in [0.25, 0.3) is 5.91 Å². The Balaban J connectivity index is 3.28. The van der Waals surface area contributed by atoms with Crippen LogP contribution in [0.15, 0.2) is 42.0 Å². The summed E-state index contributed by atoms with van der Waals surface area (Å²) in [5.74, 6) is -1.87. The van der Waals surface area contributed by atoms with Gasteiger partial charge in [0.1, 0.15) is 5.57 Å². The molecule has 1 amide bonds. The number of halogens is 3. The molecule has 8 heteroatoms. The molecular weight excluding hydrogens is 325 g/mol. The molecule has 0 aromatic heterocycles. The van der Waals surface area contributed by atoms with E-state index in [1.54, 1.807) is 19.0 Å². The molecule has 0 aliphatic carbocycles. The van der Waals surface area contributed by atoms with E-state index in [0.29, 0.717) is 11.3 Å². The molecule has 24 heavy (non-hydrogen) atoms. The van der Waals surface area contributed by atoms with Crippen LogP contribution in [-0.2, 0) is 20.5 Å². The highest BCUT2D eigenvalue weighted by atomic mass is 19.4. The zero-order valence-corrected chi connectivity index (χ0v) is 13.3. The molecule has 0 unspecified atom stereocenters. The third kappa shape index (κ3) is 4.87. The standard InChI is InChI=1S/C16H17F3N2O3/c1-21(2)13(9-8-12(14(20)22)15(23)24-3)10-4-6-11(7-5-10)16(17,18)19/h4-9H,1-3H3,(H2,20,22). The summed E-state index contributed by atoms with van der Waals surface area (Å²) in [5.41, 5.74) is 4.91. The fraction of sp³-hybridized carbons (Fsp3) is 0.250. The van der Waals surface area contributed by atoms with Gasteiger partial charge in [0.05, 0.1) is 12.7 Å². The highest BCUT2D eigenvalue weighted by molar-refractivity contribution is 6.16. The van der Waals surface area contributed by atoms with E-state index in [0.717, 1.165) is 19.2 Å². The van der Waals surface area contributed by atoms with Crippen LogP contribution in [0.3, 0.4) is 0 Å². The first kappa shape index (κ1) is 19.3. The number of primary amides is 1. The van der Waals surface area contributed by atoms with Crippen LogP contribution in [0.1, 0.15) is 11.1 Å². The molecule has 0 aliphatic rings. The highest BCUT2D eigenvalue weighted by Gasteiger charge is 2.30. The summed E-state index contributed by atoms with van der Waals surface area (Å²) in [7, 11) is 4.43. The SMILES string of the molecule is COC(=O)C(=CC=C(c1ccc(C(F)(F)F)cc1)N(C)C)C(N)=O. The second-order valence-electron chi connectivity index (χ2n) is 4.96. The van der Waals surface area contributed by atoms with E-state index in [9.17, 15) is 22.8 Å². The highest BCUT2D eigenvalue weighted by Crippen LogP contribution is 2.30. The number of carbonyl (C=O) groups excluding carboxylic acids is 2. The van der Waals surface area contributed by atoms with Gasteiger partial charge in [-0.15, -0.1) is 0 Å². The zero-order chi connectivity index (χ0) is 18.5. The molecule has 5 nitrogen and oxygen atoms in total. The van der Waals surface area contributed by atoms with Gasteiger partial charge in [-0.2, -0.15) is 13.2 Å². The molecule has 1 aromatic rings. The van der Waals surface area contributed by atoms with Crippen molar-refractivity contribution in [2.24, 2.45) is 5.73 Å². The quantitative estimate of drug-likeness (QED) is 0.293. The van der Waals surface area contributed by atoms with E-state index in [1.807, 2.05) is 0 Å². The summed E-state index contributed by atoms with van der Waals surface area (Å²) in [4.78, 5) is 24.3. The number of benzene rings is 1. The smallest absolute Gasteiger partial charge is 0.416 e. The molecule has 0 saturated carbocycles. The summed E-state index contributed by atoms with van der Waals surface area (Å²) >= 11 is 0. The second kappa shape index (κ2) is 7.67. The first-order valence-electron chi connectivity index (χ1n) is 6.73. The molecule has 0 fully saturated rings. The second-order valence-corrected chi connectivity index (χ2v) is 4.96. The van der Waals surface area contributed by atoms with Crippen LogP contribution in [0.4, 0.5) is 13.2 Å². The third-order valence-corrected chi connectivity index (χ3v) is 3.07. The lowest BCUT2D eigenvalue weighted by Crippen LogP contribution is -2.21. The van der Waals surface area contributed by atoms with E-state index >= 15 is 0 Å². The molecule has 0 radical (unpaired) electrons. The Labute approximate surface area is 137 Å². The fourth-order valence-corrected chi connectivity index (χ4v) is 1.86. The van der Waals surface area contributed by atoms with Gasteiger partial charge in [0, 0.05) is 19.8 Å². The first-order chi connectivity index (χ1) is 11.1. The predicted molar refractivity (Wildman–Crippen MR) is 82.4 cm³/mol. The number of esters is 1. The first-order valence-corrected chi connectivity index (χ1v) is 6.73. The van der Waals surface area contributed by atoms with Gasteiger partial charge in [-0.1, -0.05) is 12.1 Å². The molecule has 0 aliphatic heterocycles. The average Bonchev–Trinajstić information content (AvgIpc) is 2.49. The number of rotatable bonds is 5. The van der Waals surface area contributed by atoms with Gasteiger partial charge in [-0.25, -0.2) is 4.79 Å². The average molecular weight is 342 g/mol. The third-order valence-electron chi connectivity index (χ3n) is 3.07. The van der Waals surface area contributed by atoms with Crippen molar-refractivity contribution in [3.8, 4) is 0 Å². The Bertz CT molecular complexity index is 675. The molecule has 0 heterocycles. The van der Waals surface area contributed by atoms with Crippen molar-refractivity contribution >= 4 is 17.6 Å². The number of nitrogens with two attached hydrogens (primary N) is 1. The van der Waals surface area contributed by atoms with E-state index in [4.69, 9.17) is 5.73 Å². The van der Waals surface area contributed by atoms with Crippen molar-refractivity contribution in [1.29, 1.82) is 0 Å². The Morgan fingerprint density at radius 3 is 2.04 bits per heavy atom. The van der Waals surface area contributed by atoms with Crippen molar-refractivity contribution in [2.75, 3.05) is 21.2 Å². The maximum atomic E-state index is 12.6. The topological polar surface area (TPSA) is 72.6 Å². The number of carbonyl (C=O) groups is 2. The summed E-state index contributed by atoms with van der Waals surface area (Å²) in [6.45, 7) is 0. The van der Waals surface area contributed by atoms with Gasteiger partial charge in [0.2, 0.25) is 0 Å². The zero-order valence-electron chi connectivity index (χ0n) is 13.3. The maximum Gasteiger partial charge on any atom is 0.416 e. The maximum absolute atomic E-state index is 12.6. The molecule has 1 rings (SSSR count). The number of alkyl halides is 3. The van der Waals surface area contributed by atoms with E-state index in [-0.39, 0.29) is 5.57 Å². The number of nitrogens with zero attached hydrogens (tertiary/aromatic N) is 1. The molecule has 2 N–H and O–H groups in total. The summed E-state index contributed by atoms with van der Waals surface area (Å²) in [6, 6.07) is 4.49. The minimum absolute atomic E-state index is 0.372. The van der Waals surface area contributed by atoms with Crippen LogP contribution >= 0.6 is 0 Å². The van der Waals surface area contributed by atoms with Crippen molar-refractivity contribution in [1.82, 2.24) is 4.90 Å². The molecule has 0 bridgehead atoms. The number of hydrogen-bond donors (Lipinski definition) is 1. The molecular formula is C16H17F3N2O3. The predicted octanol–water partition coefficient (Wildman–Crippen LogP) is 2.19. The molecule has 0 saturated heterocycles. The van der Waals surface area contributed by atoms with E-state index in [1.165, 1.54) is 24.3 Å². The molecule has 130 valence electrons. The van der Waals surface area contributed by atoms with Crippen LogP contribution < -0.4 is 5.73 Å². The Hall–Kier alpha value is -2.77. The number of methoxy groups -OCH3 is 1. The van der Waals surface area contributed by atoms with E-state index < -0.39 is 23.6 Å². The summed E-state index contributed by atoms with van der Waals surface area (Å²) in [5, 5.41) is 0. The lowest BCUT2D eigenvalue weighted by atomic mass is 10.1. The van der Waals surface area contributed by atoms with Crippen molar-refractivity contribution in [2.45, 2.75) is 6.18 Å². The molecule has 1 aromatic carbocycles. The Kier molecular flexibility index (Phi) is 6.16. The van der Waals surface area contributed by atoms with Gasteiger partial charge in [0.15, 0.2) is 0 Å². The number of amides is 1. The normalized spacial score (nSPS) is 12.8. The molecule has 0 atom stereocenters. The van der Waals surface area contributed by atoms with Crippen LogP contribution in [0.25, 0.3) is 5.70 Å². The van der Waals surface area contributed by atoms with Gasteiger partial charge in [-0.05, 0) is 29.8 Å². The van der Waals surface area contributed by atoms with Crippen molar-refractivity contribution in [3.63, 3.8) is 0 Å². The minimum Gasteiger partial charge on any atom is -0.465 e. The van der Waals surface area contributed by atoms with Crippen LogP contribution in [0.2, 0.25) is 0 Å². The summed E-state index contributed by atoms with van der Waals surface area (Å²) < 4.78 is 42.3. The number of hydrogen-bond acceptors (Lipinski definition) is 4. The molecule has 0 spiro atoms. The monoisotopic (exact) mass is 342 g/mol. The van der Waals surface area contributed by atoms with Crippen molar-refractivity contribution in [3.05, 3.63) is 53.1 Å². The summed E-state index contributed by atoms with van der Waals surface area (Å²) in [6.07, 6.45) is -1.86. The van der Waals surface area contributed by atoms with Gasteiger partial charge < -0.3 is 15.4 Å². The van der Waals surface area contributed by atoms with E-state index in [2.05, 4.69) is 4.74 Å². The van der Waals surface area contributed by atoms with Crippen LogP contribution in [-0.4, -0.2) is 38.0 Å².